The van der Waals surface area contributed by atoms with Gasteiger partial charge in [-0.25, -0.2) is 17.2 Å². The van der Waals surface area contributed by atoms with Gasteiger partial charge in [0.1, 0.15) is 17.4 Å². The molecular weight excluding hydrogens is 468 g/mol. The lowest BCUT2D eigenvalue weighted by molar-refractivity contribution is -0.123. The predicted molar refractivity (Wildman–Crippen MR) is 121 cm³/mol. The SMILES string of the molecule is CCC1Oc2cc(S(=O)(=O)N3CCCC(C(=O)Nc4ccc(F)cc4F)C3)c(C)cc2NC1=O. The Labute approximate surface area is 196 Å². The lowest BCUT2D eigenvalue weighted by Crippen LogP contribution is -2.44. The maximum absolute atomic E-state index is 13.9. The van der Waals surface area contributed by atoms with E-state index in [0.29, 0.717) is 36.6 Å². The van der Waals surface area contributed by atoms with Gasteiger partial charge in [0.25, 0.3) is 5.91 Å². The number of carbonyl (C=O) groups excluding carboxylic acids is 2. The Morgan fingerprint density at radius 1 is 1.26 bits per heavy atom. The first-order chi connectivity index (χ1) is 16.1. The van der Waals surface area contributed by atoms with Crippen LogP contribution in [0, 0.1) is 24.5 Å². The molecule has 0 aromatic heterocycles. The van der Waals surface area contributed by atoms with Crippen molar-refractivity contribution >= 4 is 33.2 Å². The van der Waals surface area contributed by atoms with Gasteiger partial charge in [0.2, 0.25) is 15.9 Å². The van der Waals surface area contributed by atoms with Crippen molar-refractivity contribution in [3.8, 4) is 5.75 Å². The van der Waals surface area contributed by atoms with E-state index in [4.69, 9.17) is 4.74 Å². The van der Waals surface area contributed by atoms with Crippen LogP contribution in [0.15, 0.2) is 35.2 Å². The quantitative estimate of drug-likeness (QED) is 0.664. The van der Waals surface area contributed by atoms with Crippen molar-refractivity contribution in [2.75, 3.05) is 23.7 Å². The number of ether oxygens (including phenoxy) is 1. The van der Waals surface area contributed by atoms with E-state index in [9.17, 15) is 26.8 Å². The molecule has 8 nitrogen and oxygen atoms in total. The molecule has 0 bridgehead atoms. The van der Waals surface area contributed by atoms with Crippen LogP contribution in [0.3, 0.4) is 0 Å². The fraction of sp³-hybridized carbons (Fsp3) is 0.391. The molecule has 2 N–H and O–H groups in total. The second kappa shape index (κ2) is 9.30. The third-order valence-electron chi connectivity index (χ3n) is 6.03. The van der Waals surface area contributed by atoms with Gasteiger partial charge in [-0.05, 0) is 49.9 Å². The molecule has 0 radical (unpaired) electrons. The van der Waals surface area contributed by atoms with Crippen LogP contribution in [-0.2, 0) is 19.6 Å². The smallest absolute Gasteiger partial charge is 0.265 e. The maximum atomic E-state index is 13.9. The van der Waals surface area contributed by atoms with Gasteiger partial charge in [-0.3, -0.25) is 9.59 Å². The number of carbonyl (C=O) groups is 2. The molecule has 1 fully saturated rings. The third kappa shape index (κ3) is 4.62. The minimum atomic E-state index is -3.98. The largest absolute Gasteiger partial charge is 0.478 e. The monoisotopic (exact) mass is 493 g/mol. The summed E-state index contributed by atoms with van der Waals surface area (Å²) in [7, 11) is -3.98. The van der Waals surface area contributed by atoms with Crippen molar-refractivity contribution in [1.29, 1.82) is 0 Å². The highest BCUT2D eigenvalue weighted by Crippen LogP contribution is 2.36. The van der Waals surface area contributed by atoms with Crippen molar-refractivity contribution in [3.05, 3.63) is 47.5 Å². The van der Waals surface area contributed by atoms with E-state index in [-0.39, 0.29) is 35.3 Å². The first-order valence-electron chi connectivity index (χ1n) is 11.0. The van der Waals surface area contributed by atoms with Gasteiger partial charge in [-0.15, -0.1) is 0 Å². The number of nitrogens with one attached hydrogen (secondary N) is 2. The Morgan fingerprint density at radius 2 is 2.03 bits per heavy atom. The molecular formula is C23H25F2N3O5S. The number of aryl methyl sites for hydroxylation is 1. The van der Waals surface area contributed by atoms with Gasteiger partial charge >= 0.3 is 0 Å². The minimum absolute atomic E-state index is 0.0305. The fourth-order valence-corrected chi connectivity index (χ4v) is 5.92. The number of fused-ring (bicyclic) bond motifs is 1. The molecule has 11 heteroatoms. The molecule has 34 heavy (non-hydrogen) atoms. The summed E-state index contributed by atoms with van der Waals surface area (Å²) in [4.78, 5) is 24.8. The van der Waals surface area contributed by atoms with E-state index in [1.165, 1.54) is 10.4 Å². The van der Waals surface area contributed by atoms with Gasteiger partial charge in [-0.2, -0.15) is 4.31 Å². The van der Waals surface area contributed by atoms with E-state index < -0.39 is 39.6 Å². The lowest BCUT2D eigenvalue weighted by Gasteiger charge is -2.32. The van der Waals surface area contributed by atoms with Crippen molar-refractivity contribution in [2.24, 2.45) is 5.92 Å². The van der Waals surface area contributed by atoms with E-state index in [1.807, 2.05) is 0 Å². The van der Waals surface area contributed by atoms with E-state index in [1.54, 1.807) is 19.9 Å². The van der Waals surface area contributed by atoms with Crippen LogP contribution >= 0.6 is 0 Å². The van der Waals surface area contributed by atoms with E-state index in [2.05, 4.69) is 10.6 Å². The summed E-state index contributed by atoms with van der Waals surface area (Å²) in [6.45, 7) is 3.56. The molecule has 2 aliphatic heterocycles. The second-order valence-corrected chi connectivity index (χ2v) is 10.3. The minimum Gasteiger partial charge on any atom is -0.478 e. The van der Waals surface area contributed by atoms with Crippen LogP contribution in [0.5, 0.6) is 5.75 Å². The molecule has 2 unspecified atom stereocenters. The zero-order chi connectivity index (χ0) is 24.6. The molecule has 0 saturated carbocycles. The highest BCUT2D eigenvalue weighted by molar-refractivity contribution is 7.89. The molecule has 182 valence electrons. The molecule has 2 aromatic carbocycles. The molecule has 2 aromatic rings. The maximum Gasteiger partial charge on any atom is 0.265 e. The standard InChI is InChI=1S/C23H25F2N3O5S/c1-3-19-23(30)27-18-9-13(2)21(11-20(18)33-19)34(31,32)28-8-4-5-14(12-28)22(29)26-17-7-6-15(24)10-16(17)25/h6-7,9-11,14,19H,3-5,8,12H2,1-2H3,(H,26,29)(H,27,30). The fourth-order valence-electron chi connectivity index (χ4n) is 4.17. The van der Waals surface area contributed by atoms with E-state index in [0.717, 1.165) is 12.1 Å². The Balaban J connectivity index is 1.55. The molecule has 2 heterocycles. The molecule has 2 amide bonds. The molecule has 4 rings (SSSR count). The number of benzene rings is 2. The zero-order valence-corrected chi connectivity index (χ0v) is 19.5. The summed E-state index contributed by atoms with van der Waals surface area (Å²) < 4.78 is 60.9. The highest BCUT2D eigenvalue weighted by atomic mass is 32.2. The van der Waals surface area contributed by atoms with Crippen molar-refractivity contribution in [1.82, 2.24) is 4.31 Å². The van der Waals surface area contributed by atoms with Crippen molar-refractivity contribution in [2.45, 2.75) is 44.1 Å². The summed E-state index contributed by atoms with van der Waals surface area (Å²) in [6.07, 6.45) is 0.592. The van der Waals surface area contributed by atoms with Crippen LogP contribution in [0.25, 0.3) is 0 Å². The van der Waals surface area contributed by atoms with Gasteiger partial charge in [0, 0.05) is 25.2 Å². The summed E-state index contributed by atoms with van der Waals surface area (Å²) in [5.74, 6) is -2.92. The highest BCUT2D eigenvalue weighted by Gasteiger charge is 2.36. The summed E-state index contributed by atoms with van der Waals surface area (Å²) in [5, 5.41) is 5.16. The Hall–Kier alpha value is -3.05. The van der Waals surface area contributed by atoms with Crippen LogP contribution in [0.1, 0.15) is 31.7 Å². The Kier molecular flexibility index (Phi) is 6.59. The lowest BCUT2D eigenvalue weighted by atomic mass is 9.98. The number of sulfonamides is 1. The number of nitrogens with zero attached hydrogens (tertiary/aromatic N) is 1. The van der Waals surface area contributed by atoms with Crippen molar-refractivity contribution in [3.63, 3.8) is 0 Å². The van der Waals surface area contributed by atoms with Gasteiger partial charge in [-0.1, -0.05) is 6.92 Å². The molecule has 2 atom stereocenters. The van der Waals surface area contributed by atoms with Crippen LogP contribution < -0.4 is 15.4 Å². The Bertz CT molecular complexity index is 1250. The van der Waals surface area contributed by atoms with Crippen LogP contribution in [0.2, 0.25) is 0 Å². The molecule has 2 aliphatic rings. The first-order valence-corrected chi connectivity index (χ1v) is 12.4. The van der Waals surface area contributed by atoms with E-state index >= 15 is 0 Å². The number of piperidine rings is 1. The molecule has 0 spiro atoms. The molecule has 1 saturated heterocycles. The van der Waals surface area contributed by atoms with Gasteiger partial charge in [0.05, 0.1) is 22.2 Å². The summed E-state index contributed by atoms with van der Waals surface area (Å²) in [5.41, 5.74) is 0.669. The number of anilines is 2. The number of hydrogen-bond acceptors (Lipinski definition) is 5. The number of amides is 2. The van der Waals surface area contributed by atoms with Crippen LogP contribution in [0.4, 0.5) is 20.2 Å². The number of halogens is 2. The average molecular weight is 494 g/mol. The number of hydrogen-bond donors (Lipinski definition) is 2. The summed E-state index contributed by atoms with van der Waals surface area (Å²) in [6, 6.07) is 5.78. The topological polar surface area (TPSA) is 105 Å². The predicted octanol–water partition coefficient (Wildman–Crippen LogP) is 3.42. The van der Waals surface area contributed by atoms with Crippen molar-refractivity contribution < 1.29 is 31.5 Å². The summed E-state index contributed by atoms with van der Waals surface area (Å²) >= 11 is 0. The van der Waals surface area contributed by atoms with Gasteiger partial charge in [0.15, 0.2) is 6.10 Å². The Morgan fingerprint density at radius 3 is 2.74 bits per heavy atom. The normalized spacial score (nSPS) is 20.8. The van der Waals surface area contributed by atoms with Crippen LogP contribution in [-0.4, -0.2) is 43.7 Å². The average Bonchev–Trinajstić information content (AvgIpc) is 2.80. The number of rotatable bonds is 5. The van der Waals surface area contributed by atoms with Gasteiger partial charge < -0.3 is 15.4 Å². The third-order valence-corrected chi connectivity index (χ3v) is 8.04. The molecule has 0 aliphatic carbocycles. The first kappa shape index (κ1) is 24.1. The zero-order valence-electron chi connectivity index (χ0n) is 18.7. The second-order valence-electron chi connectivity index (χ2n) is 8.43.